The summed E-state index contributed by atoms with van der Waals surface area (Å²) in [6, 6.07) is 5.98. The molecule has 1 aliphatic rings. The van der Waals surface area contributed by atoms with Crippen LogP contribution in [-0.4, -0.2) is 39.2 Å². The average molecular weight is 285 g/mol. The highest BCUT2D eigenvalue weighted by atomic mass is 16.2. The van der Waals surface area contributed by atoms with Crippen LogP contribution in [0.5, 0.6) is 0 Å². The maximum absolute atomic E-state index is 12.5. The van der Waals surface area contributed by atoms with Crippen molar-refractivity contribution in [2.24, 2.45) is 0 Å². The second-order valence-electron chi connectivity index (χ2n) is 5.17. The molecule has 1 atom stereocenters. The topological polar surface area (TPSA) is 63.1 Å². The quantitative estimate of drug-likeness (QED) is 0.928. The highest BCUT2D eigenvalue weighted by molar-refractivity contribution is 5.76. The molecule has 1 N–H and O–H groups in total. The van der Waals surface area contributed by atoms with Crippen molar-refractivity contribution in [2.75, 3.05) is 18.9 Å². The molecule has 0 saturated carbocycles. The van der Waals surface area contributed by atoms with Crippen molar-refractivity contribution in [2.45, 2.75) is 25.4 Å². The summed E-state index contributed by atoms with van der Waals surface area (Å²) >= 11 is 0. The number of anilines is 1. The Balaban J connectivity index is 1.76. The summed E-state index contributed by atoms with van der Waals surface area (Å²) in [5.41, 5.74) is 1.14. The third kappa shape index (κ3) is 2.89. The monoisotopic (exact) mass is 285 g/mol. The number of pyridine rings is 1. The van der Waals surface area contributed by atoms with Crippen LogP contribution < -0.4 is 5.32 Å². The van der Waals surface area contributed by atoms with Gasteiger partial charge in [0, 0.05) is 32.2 Å². The summed E-state index contributed by atoms with van der Waals surface area (Å²) < 4.78 is 1.67. The van der Waals surface area contributed by atoms with Crippen LogP contribution in [0, 0.1) is 0 Å². The Bertz CT molecular complexity index is 610. The number of rotatable bonds is 4. The fraction of sp³-hybridized carbons (Fsp3) is 0.400. The van der Waals surface area contributed by atoms with E-state index in [2.05, 4.69) is 15.4 Å². The zero-order valence-corrected chi connectivity index (χ0v) is 12.1. The molecule has 1 amide bonds. The van der Waals surface area contributed by atoms with Gasteiger partial charge in [0.05, 0.1) is 6.04 Å². The molecule has 6 nitrogen and oxygen atoms in total. The molecule has 2 aromatic rings. The van der Waals surface area contributed by atoms with E-state index >= 15 is 0 Å². The second kappa shape index (κ2) is 5.95. The summed E-state index contributed by atoms with van der Waals surface area (Å²) in [4.78, 5) is 18.7. The van der Waals surface area contributed by atoms with Gasteiger partial charge in [0.25, 0.3) is 0 Å². The normalized spacial score (nSPS) is 18.0. The summed E-state index contributed by atoms with van der Waals surface area (Å²) in [6.07, 6.45) is 7.33. The van der Waals surface area contributed by atoms with Gasteiger partial charge in [-0.25, -0.2) is 4.98 Å². The van der Waals surface area contributed by atoms with Crippen LogP contribution in [-0.2, 0) is 11.3 Å². The maximum Gasteiger partial charge on any atom is 0.244 e. The lowest BCUT2D eigenvalue weighted by molar-refractivity contribution is -0.133. The third-order valence-electron chi connectivity index (χ3n) is 3.85. The van der Waals surface area contributed by atoms with E-state index in [9.17, 15) is 4.79 Å². The highest BCUT2D eigenvalue weighted by Gasteiger charge is 2.30. The molecular formula is C15H19N5O. The number of carbonyl (C=O) groups excluding carboxylic acids is 1. The first-order valence-electron chi connectivity index (χ1n) is 7.18. The van der Waals surface area contributed by atoms with E-state index in [1.54, 1.807) is 17.1 Å². The van der Waals surface area contributed by atoms with Crippen LogP contribution in [0.2, 0.25) is 0 Å². The molecule has 21 heavy (non-hydrogen) atoms. The van der Waals surface area contributed by atoms with Crippen LogP contribution in [0.15, 0.2) is 36.8 Å². The highest BCUT2D eigenvalue weighted by Crippen LogP contribution is 2.32. The van der Waals surface area contributed by atoms with E-state index in [0.29, 0.717) is 6.54 Å². The van der Waals surface area contributed by atoms with E-state index in [4.69, 9.17) is 0 Å². The number of aromatic nitrogens is 3. The SMILES string of the molecule is CNc1cc([C@@H]2CCCN2C(=O)Cn2cccn2)ccn1. The molecule has 1 aliphatic heterocycles. The Morgan fingerprint density at radius 3 is 3.14 bits per heavy atom. The number of nitrogens with zero attached hydrogens (tertiary/aromatic N) is 4. The number of hydrogen-bond acceptors (Lipinski definition) is 4. The minimum absolute atomic E-state index is 0.115. The van der Waals surface area contributed by atoms with Crippen molar-refractivity contribution >= 4 is 11.7 Å². The van der Waals surface area contributed by atoms with E-state index in [-0.39, 0.29) is 11.9 Å². The van der Waals surface area contributed by atoms with E-state index in [1.165, 1.54) is 0 Å². The third-order valence-corrected chi connectivity index (χ3v) is 3.85. The number of hydrogen-bond donors (Lipinski definition) is 1. The summed E-state index contributed by atoms with van der Waals surface area (Å²) in [5.74, 6) is 0.947. The second-order valence-corrected chi connectivity index (χ2v) is 5.17. The standard InChI is InChI=1S/C15H19N5O/c1-16-14-10-12(5-7-17-14)13-4-2-9-20(13)15(21)11-19-8-3-6-18-19/h3,5-8,10,13H,2,4,9,11H2,1H3,(H,16,17)/t13-/m0/s1. The molecule has 1 fully saturated rings. The van der Waals surface area contributed by atoms with Gasteiger partial charge in [-0.15, -0.1) is 0 Å². The lowest BCUT2D eigenvalue weighted by Crippen LogP contribution is -2.33. The maximum atomic E-state index is 12.5. The first kappa shape index (κ1) is 13.6. The first-order chi connectivity index (χ1) is 10.3. The van der Waals surface area contributed by atoms with Crippen molar-refractivity contribution in [3.8, 4) is 0 Å². The molecule has 3 heterocycles. The first-order valence-corrected chi connectivity index (χ1v) is 7.18. The van der Waals surface area contributed by atoms with Gasteiger partial charge in [-0.1, -0.05) is 0 Å². The lowest BCUT2D eigenvalue weighted by atomic mass is 10.1. The number of likely N-dealkylation sites (tertiary alicyclic amines) is 1. The molecular weight excluding hydrogens is 266 g/mol. The number of carbonyl (C=O) groups is 1. The minimum Gasteiger partial charge on any atom is -0.373 e. The lowest BCUT2D eigenvalue weighted by Gasteiger charge is -2.25. The van der Waals surface area contributed by atoms with E-state index in [1.807, 2.05) is 36.3 Å². The van der Waals surface area contributed by atoms with Crippen molar-refractivity contribution < 1.29 is 4.79 Å². The van der Waals surface area contributed by atoms with E-state index in [0.717, 1.165) is 30.8 Å². The fourth-order valence-corrected chi connectivity index (χ4v) is 2.83. The molecule has 0 aromatic carbocycles. The molecule has 0 aliphatic carbocycles. The molecule has 0 spiro atoms. The predicted molar refractivity (Wildman–Crippen MR) is 79.7 cm³/mol. The van der Waals surface area contributed by atoms with Crippen molar-refractivity contribution in [1.29, 1.82) is 0 Å². The van der Waals surface area contributed by atoms with Gasteiger partial charge in [0.1, 0.15) is 12.4 Å². The van der Waals surface area contributed by atoms with E-state index < -0.39 is 0 Å². The molecule has 3 rings (SSSR count). The number of nitrogens with one attached hydrogen (secondary N) is 1. The Morgan fingerprint density at radius 2 is 2.38 bits per heavy atom. The molecule has 6 heteroatoms. The summed E-state index contributed by atoms with van der Waals surface area (Å²) in [7, 11) is 1.85. The number of amides is 1. The Hall–Kier alpha value is -2.37. The van der Waals surface area contributed by atoms with Gasteiger partial charge < -0.3 is 10.2 Å². The Morgan fingerprint density at radius 1 is 1.48 bits per heavy atom. The smallest absolute Gasteiger partial charge is 0.244 e. The molecule has 0 radical (unpaired) electrons. The summed E-state index contributed by atoms with van der Waals surface area (Å²) in [6.45, 7) is 1.11. The van der Waals surface area contributed by atoms with Gasteiger partial charge in [-0.2, -0.15) is 5.10 Å². The van der Waals surface area contributed by atoms with Gasteiger partial charge in [-0.05, 0) is 36.6 Å². The zero-order chi connectivity index (χ0) is 14.7. The molecule has 0 unspecified atom stereocenters. The van der Waals surface area contributed by atoms with Crippen molar-refractivity contribution in [3.05, 3.63) is 42.4 Å². The zero-order valence-electron chi connectivity index (χ0n) is 12.1. The largest absolute Gasteiger partial charge is 0.373 e. The Labute approximate surface area is 123 Å². The minimum atomic E-state index is 0.115. The molecule has 110 valence electrons. The van der Waals surface area contributed by atoms with Crippen LogP contribution in [0.4, 0.5) is 5.82 Å². The van der Waals surface area contributed by atoms with Crippen molar-refractivity contribution in [1.82, 2.24) is 19.7 Å². The van der Waals surface area contributed by atoms with Gasteiger partial charge >= 0.3 is 0 Å². The fourth-order valence-electron chi connectivity index (χ4n) is 2.83. The molecule has 2 aromatic heterocycles. The molecule has 0 bridgehead atoms. The molecule has 1 saturated heterocycles. The van der Waals surface area contributed by atoms with Gasteiger partial charge in [0.2, 0.25) is 5.91 Å². The van der Waals surface area contributed by atoms with Crippen molar-refractivity contribution in [3.63, 3.8) is 0 Å². The Kier molecular flexibility index (Phi) is 3.85. The average Bonchev–Trinajstić information content (AvgIpc) is 3.18. The summed E-state index contributed by atoms with van der Waals surface area (Å²) in [5, 5.41) is 7.14. The van der Waals surface area contributed by atoms with Crippen LogP contribution in [0.25, 0.3) is 0 Å². The van der Waals surface area contributed by atoms with Crippen LogP contribution in [0.1, 0.15) is 24.4 Å². The van der Waals surface area contributed by atoms with Crippen LogP contribution in [0.3, 0.4) is 0 Å². The van der Waals surface area contributed by atoms with Gasteiger partial charge in [0.15, 0.2) is 0 Å². The predicted octanol–water partition coefficient (Wildman–Crippen LogP) is 1.68. The van der Waals surface area contributed by atoms with Gasteiger partial charge in [-0.3, -0.25) is 9.48 Å². The van der Waals surface area contributed by atoms with Crippen LogP contribution >= 0.6 is 0 Å².